The molecular formula is C11H19N3O. The minimum atomic E-state index is -0.583. The number of nitrogens with one attached hydrogen (secondary N) is 1. The SMILES string of the molecule is CC(C)c1n[nH]c2c1C(N)(CO)CCC2. The number of fused-ring (bicyclic) bond motifs is 1. The number of H-pyrrole nitrogens is 1. The third-order valence-electron chi connectivity index (χ3n) is 3.25. The van der Waals surface area contributed by atoms with Crippen LogP contribution in [0.3, 0.4) is 0 Å². The fraction of sp³-hybridized carbons (Fsp3) is 0.727. The van der Waals surface area contributed by atoms with Crippen LogP contribution in [0.15, 0.2) is 0 Å². The predicted octanol–water partition coefficient (Wildman–Crippen LogP) is 1.02. The lowest BCUT2D eigenvalue weighted by atomic mass is 9.78. The Hall–Kier alpha value is -0.870. The molecule has 4 heteroatoms. The number of hydrogen-bond acceptors (Lipinski definition) is 3. The van der Waals surface area contributed by atoms with Crippen LogP contribution in [0, 0.1) is 0 Å². The number of rotatable bonds is 2. The number of aliphatic hydroxyl groups excluding tert-OH is 1. The lowest BCUT2D eigenvalue weighted by Crippen LogP contribution is -2.43. The molecule has 0 aliphatic heterocycles. The Kier molecular flexibility index (Phi) is 2.56. The van der Waals surface area contributed by atoms with E-state index in [9.17, 15) is 5.11 Å². The molecule has 15 heavy (non-hydrogen) atoms. The maximum atomic E-state index is 9.45. The van der Waals surface area contributed by atoms with E-state index in [1.54, 1.807) is 0 Å². The van der Waals surface area contributed by atoms with Crippen molar-refractivity contribution in [3.05, 3.63) is 17.0 Å². The van der Waals surface area contributed by atoms with E-state index in [1.807, 2.05) is 0 Å². The molecule has 1 aromatic heterocycles. The highest BCUT2D eigenvalue weighted by molar-refractivity contribution is 5.37. The van der Waals surface area contributed by atoms with Gasteiger partial charge in [-0.05, 0) is 25.2 Å². The van der Waals surface area contributed by atoms with Crippen molar-refractivity contribution < 1.29 is 5.11 Å². The molecule has 0 amide bonds. The van der Waals surface area contributed by atoms with Crippen LogP contribution in [0.1, 0.15) is 49.6 Å². The van der Waals surface area contributed by atoms with Gasteiger partial charge in [0, 0.05) is 11.3 Å². The fourth-order valence-electron chi connectivity index (χ4n) is 2.41. The zero-order valence-electron chi connectivity index (χ0n) is 9.38. The number of aromatic amines is 1. The Balaban J connectivity index is 2.52. The molecular weight excluding hydrogens is 190 g/mol. The van der Waals surface area contributed by atoms with Gasteiger partial charge in [0.2, 0.25) is 0 Å². The van der Waals surface area contributed by atoms with Crippen molar-refractivity contribution in [3.63, 3.8) is 0 Å². The van der Waals surface area contributed by atoms with Crippen LogP contribution in [0.4, 0.5) is 0 Å². The molecule has 1 atom stereocenters. The van der Waals surface area contributed by atoms with E-state index < -0.39 is 5.54 Å². The standard InChI is InChI=1S/C11H19N3O/c1-7(2)10-9-8(13-14-10)4-3-5-11(9,12)6-15/h7,15H,3-6,12H2,1-2H3,(H,13,14). The van der Waals surface area contributed by atoms with Gasteiger partial charge in [-0.15, -0.1) is 0 Å². The summed E-state index contributed by atoms with van der Waals surface area (Å²) in [6, 6.07) is 0. The van der Waals surface area contributed by atoms with Crippen LogP contribution in [0.2, 0.25) is 0 Å². The number of nitrogens with two attached hydrogens (primary N) is 1. The number of aryl methyl sites for hydroxylation is 1. The molecule has 2 rings (SSSR count). The smallest absolute Gasteiger partial charge is 0.0701 e. The summed E-state index contributed by atoms with van der Waals surface area (Å²) < 4.78 is 0. The van der Waals surface area contributed by atoms with Gasteiger partial charge in [-0.25, -0.2) is 0 Å². The Bertz CT molecular complexity index is 359. The summed E-state index contributed by atoms with van der Waals surface area (Å²) in [4.78, 5) is 0. The molecule has 1 heterocycles. The van der Waals surface area contributed by atoms with Crippen LogP contribution in [0.5, 0.6) is 0 Å². The molecule has 0 radical (unpaired) electrons. The first-order valence-electron chi connectivity index (χ1n) is 5.56. The van der Waals surface area contributed by atoms with Gasteiger partial charge in [0.1, 0.15) is 0 Å². The second kappa shape index (κ2) is 3.61. The lowest BCUT2D eigenvalue weighted by molar-refractivity contribution is 0.177. The molecule has 1 aliphatic carbocycles. The topological polar surface area (TPSA) is 74.9 Å². The largest absolute Gasteiger partial charge is 0.394 e. The first-order chi connectivity index (χ1) is 7.08. The number of aromatic nitrogens is 2. The second-order valence-electron chi connectivity index (χ2n) is 4.78. The van der Waals surface area contributed by atoms with Crippen LogP contribution in [-0.4, -0.2) is 21.9 Å². The van der Waals surface area contributed by atoms with E-state index in [0.717, 1.165) is 36.2 Å². The van der Waals surface area contributed by atoms with Gasteiger partial charge < -0.3 is 10.8 Å². The van der Waals surface area contributed by atoms with Crippen molar-refractivity contribution in [2.24, 2.45) is 5.73 Å². The summed E-state index contributed by atoms with van der Waals surface area (Å²) >= 11 is 0. The van der Waals surface area contributed by atoms with Gasteiger partial charge >= 0.3 is 0 Å². The van der Waals surface area contributed by atoms with Gasteiger partial charge in [-0.2, -0.15) is 5.10 Å². The first kappa shape index (κ1) is 10.6. The van der Waals surface area contributed by atoms with Gasteiger partial charge in [0.15, 0.2) is 0 Å². The van der Waals surface area contributed by atoms with Crippen LogP contribution in [0.25, 0.3) is 0 Å². The highest BCUT2D eigenvalue weighted by Crippen LogP contribution is 2.36. The van der Waals surface area contributed by atoms with Crippen molar-refractivity contribution in [1.29, 1.82) is 0 Å². The normalized spacial score (nSPS) is 25.7. The molecule has 0 saturated heterocycles. The molecule has 1 unspecified atom stereocenters. The van der Waals surface area contributed by atoms with Gasteiger partial charge in [0.25, 0.3) is 0 Å². The number of aliphatic hydroxyl groups is 1. The average molecular weight is 209 g/mol. The zero-order chi connectivity index (χ0) is 11.1. The second-order valence-corrected chi connectivity index (χ2v) is 4.78. The zero-order valence-corrected chi connectivity index (χ0v) is 9.38. The van der Waals surface area contributed by atoms with E-state index >= 15 is 0 Å². The highest BCUT2D eigenvalue weighted by Gasteiger charge is 2.36. The molecule has 1 aliphatic rings. The van der Waals surface area contributed by atoms with E-state index in [2.05, 4.69) is 24.0 Å². The molecule has 1 aromatic rings. The van der Waals surface area contributed by atoms with Crippen molar-refractivity contribution in [1.82, 2.24) is 10.2 Å². The molecule has 0 bridgehead atoms. The number of hydrogen-bond donors (Lipinski definition) is 3. The summed E-state index contributed by atoms with van der Waals surface area (Å²) in [7, 11) is 0. The van der Waals surface area contributed by atoms with Crippen LogP contribution < -0.4 is 5.73 Å². The minimum Gasteiger partial charge on any atom is -0.394 e. The first-order valence-corrected chi connectivity index (χ1v) is 5.56. The predicted molar refractivity (Wildman–Crippen MR) is 58.6 cm³/mol. The molecule has 0 spiro atoms. The lowest BCUT2D eigenvalue weighted by Gasteiger charge is -2.32. The quantitative estimate of drug-likeness (QED) is 0.680. The molecule has 0 fully saturated rings. The third kappa shape index (κ3) is 1.58. The van der Waals surface area contributed by atoms with Crippen molar-refractivity contribution >= 4 is 0 Å². The van der Waals surface area contributed by atoms with E-state index in [-0.39, 0.29) is 6.61 Å². The Labute approximate surface area is 89.9 Å². The fourth-order valence-corrected chi connectivity index (χ4v) is 2.41. The minimum absolute atomic E-state index is 0.000741. The van der Waals surface area contributed by atoms with Gasteiger partial charge in [-0.1, -0.05) is 13.8 Å². The molecule has 4 nitrogen and oxygen atoms in total. The van der Waals surface area contributed by atoms with Crippen molar-refractivity contribution in [2.45, 2.75) is 44.6 Å². The summed E-state index contributed by atoms with van der Waals surface area (Å²) in [5, 5.41) is 16.8. The third-order valence-corrected chi connectivity index (χ3v) is 3.25. The summed E-state index contributed by atoms with van der Waals surface area (Å²) in [5.41, 5.74) is 8.85. The Morgan fingerprint density at radius 3 is 2.93 bits per heavy atom. The molecule has 0 saturated carbocycles. The summed E-state index contributed by atoms with van der Waals surface area (Å²) in [6.07, 6.45) is 2.85. The van der Waals surface area contributed by atoms with Crippen LogP contribution >= 0.6 is 0 Å². The maximum Gasteiger partial charge on any atom is 0.0701 e. The number of nitrogens with zero attached hydrogens (tertiary/aromatic N) is 1. The molecule has 4 N–H and O–H groups in total. The van der Waals surface area contributed by atoms with Crippen molar-refractivity contribution in [2.75, 3.05) is 6.61 Å². The van der Waals surface area contributed by atoms with E-state index in [1.165, 1.54) is 0 Å². The summed E-state index contributed by atoms with van der Waals surface area (Å²) in [5.74, 6) is 0.345. The Morgan fingerprint density at radius 2 is 2.33 bits per heavy atom. The Morgan fingerprint density at radius 1 is 1.60 bits per heavy atom. The average Bonchev–Trinajstić information content (AvgIpc) is 2.63. The van der Waals surface area contributed by atoms with Crippen molar-refractivity contribution in [3.8, 4) is 0 Å². The van der Waals surface area contributed by atoms with Gasteiger partial charge in [0.05, 0.1) is 17.8 Å². The van der Waals surface area contributed by atoms with E-state index in [4.69, 9.17) is 5.73 Å². The van der Waals surface area contributed by atoms with Gasteiger partial charge in [-0.3, -0.25) is 5.10 Å². The maximum absolute atomic E-state index is 9.45. The highest BCUT2D eigenvalue weighted by atomic mass is 16.3. The monoisotopic (exact) mass is 209 g/mol. The van der Waals surface area contributed by atoms with E-state index in [0.29, 0.717) is 5.92 Å². The van der Waals surface area contributed by atoms with Crippen LogP contribution in [-0.2, 0) is 12.0 Å². The summed E-state index contributed by atoms with van der Waals surface area (Å²) in [6.45, 7) is 4.20. The molecule has 0 aromatic carbocycles. The molecule has 84 valence electrons.